The highest BCUT2D eigenvalue weighted by Crippen LogP contribution is 2.67. The van der Waals surface area contributed by atoms with Crippen molar-refractivity contribution in [3.05, 3.63) is 71.8 Å². The fourth-order valence-electron chi connectivity index (χ4n) is 16.0. The summed E-state index contributed by atoms with van der Waals surface area (Å²) in [5.41, 5.74) is 3.04. The summed E-state index contributed by atoms with van der Waals surface area (Å²) in [6, 6.07) is 22.4. The molecule has 0 N–H and O–H groups in total. The average molecular weight is 1030 g/mol. The second kappa shape index (κ2) is 22.1. The number of fused-ring (bicyclic) bond motifs is 6. The van der Waals surface area contributed by atoms with Crippen molar-refractivity contribution < 1.29 is 18.1 Å². The first-order valence-electron chi connectivity index (χ1n) is 29.4. The van der Waals surface area contributed by atoms with Gasteiger partial charge in [-0.2, -0.15) is 0 Å². The van der Waals surface area contributed by atoms with Gasteiger partial charge in [0.15, 0.2) is 0 Å². The fraction of sp³-hybridized carbons (Fsp3) is 0.812. The SMILES string of the molecule is CC1C[C@@H](C(C)(C)C)C2OP(N(CCN(Cc3ccccc3)P3OC4C(C5C(C)C(C)C[C@@H](C(C)(C)C)C5O3)[C@H](C)[C@H](C)CC4C(C)(C)C)Cc3ccccc3)OC3C(C2C1C)[C@H](C)[C@H](C)CC3C(C)(C)C. The van der Waals surface area contributed by atoms with Crippen molar-refractivity contribution in [1.29, 1.82) is 0 Å². The van der Waals surface area contributed by atoms with Crippen LogP contribution >= 0.6 is 17.1 Å². The van der Waals surface area contributed by atoms with Gasteiger partial charge in [-0.05, 0) is 153 Å². The number of rotatable bonds is 9. The molecule has 6 aliphatic rings. The summed E-state index contributed by atoms with van der Waals surface area (Å²) in [4.78, 5) is 0. The number of nitrogens with zero attached hydrogens (tertiary/aromatic N) is 2. The molecule has 6 fully saturated rings. The lowest BCUT2D eigenvalue weighted by Crippen LogP contribution is -2.56. The van der Waals surface area contributed by atoms with Crippen LogP contribution < -0.4 is 0 Å². The minimum atomic E-state index is -1.46. The first-order chi connectivity index (χ1) is 33.6. The molecule has 6 nitrogen and oxygen atoms in total. The summed E-state index contributed by atoms with van der Waals surface area (Å²) in [6.45, 7) is 53.5. The van der Waals surface area contributed by atoms with Gasteiger partial charge in [-0.3, -0.25) is 0 Å². The summed E-state index contributed by atoms with van der Waals surface area (Å²) in [7, 11) is -2.92. The first kappa shape index (κ1) is 57.2. The van der Waals surface area contributed by atoms with E-state index in [1.807, 2.05) is 0 Å². The third kappa shape index (κ3) is 11.9. The molecule has 0 bridgehead atoms. The van der Waals surface area contributed by atoms with Crippen molar-refractivity contribution in [3.8, 4) is 0 Å². The second-order valence-electron chi connectivity index (χ2n) is 30.0. The first-order valence-corrected chi connectivity index (χ1v) is 31.7. The lowest BCUT2D eigenvalue weighted by atomic mass is 9.51. The molecule has 22 atom stereocenters. The molecule has 8 rings (SSSR count). The zero-order valence-corrected chi connectivity index (χ0v) is 51.2. The van der Waals surface area contributed by atoms with E-state index in [9.17, 15) is 0 Å². The topological polar surface area (TPSA) is 43.4 Å². The van der Waals surface area contributed by atoms with Crippen molar-refractivity contribution in [1.82, 2.24) is 9.34 Å². The molecule has 0 spiro atoms. The van der Waals surface area contributed by atoms with E-state index in [0.29, 0.717) is 94.7 Å². The van der Waals surface area contributed by atoms with Crippen molar-refractivity contribution in [3.63, 3.8) is 0 Å². The summed E-state index contributed by atoms with van der Waals surface area (Å²) >= 11 is 0. The van der Waals surface area contributed by atoms with E-state index in [-0.39, 0.29) is 46.1 Å². The minimum Gasteiger partial charge on any atom is -0.318 e. The van der Waals surface area contributed by atoms with Crippen LogP contribution in [0, 0.1) is 116 Å². The van der Waals surface area contributed by atoms with Crippen LogP contribution in [0.25, 0.3) is 0 Å². The number of hydrogen-bond acceptors (Lipinski definition) is 6. The molecule has 16 unspecified atom stereocenters. The van der Waals surface area contributed by atoms with Crippen molar-refractivity contribution >= 4 is 17.1 Å². The van der Waals surface area contributed by atoms with E-state index < -0.39 is 17.1 Å². The third-order valence-corrected chi connectivity index (χ3v) is 24.6. The van der Waals surface area contributed by atoms with Gasteiger partial charge in [0, 0.05) is 26.2 Å². The number of benzene rings is 2. The Hall–Kier alpha value is -0.940. The summed E-state index contributed by atoms with van der Waals surface area (Å²) in [6.07, 6.45) is 5.32. The molecular formula is C64H106N2O4P2. The zero-order valence-electron chi connectivity index (χ0n) is 49.4. The molecular weight excluding hydrogens is 923 g/mol. The van der Waals surface area contributed by atoms with Gasteiger partial charge in [0.2, 0.25) is 0 Å². The molecule has 2 heterocycles. The molecule has 0 radical (unpaired) electrons. The Labute approximate surface area is 445 Å². The van der Waals surface area contributed by atoms with E-state index in [1.165, 1.54) is 36.8 Å². The Kier molecular flexibility index (Phi) is 17.5. The second-order valence-corrected chi connectivity index (χ2v) is 32.9. The molecule has 72 heavy (non-hydrogen) atoms. The fourth-order valence-corrected chi connectivity index (χ4v) is 19.7. The Balaban J connectivity index is 1.24. The van der Waals surface area contributed by atoms with Gasteiger partial charge in [-0.25, -0.2) is 9.34 Å². The smallest absolute Gasteiger partial charge is 0.259 e. The Morgan fingerprint density at radius 2 is 0.597 bits per heavy atom. The lowest BCUT2D eigenvalue weighted by molar-refractivity contribution is -0.123. The van der Waals surface area contributed by atoms with Crippen LogP contribution in [0.15, 0.2) is 60.7 Å². The highest BCUT2D eigenvalue weighted by molar-refractivity contribution is 7.45. The van der Waals surface area contributed by atoms with Crippen LogP contribution in [0.3, 0.4) is 0 Å². The number of hydrogen-bond donors (Lipinski definition) is 0. The van der Waals surface area contributed by atoms with Gasteiger partial charge < -0.3 is 18.1 Å². The average Bonchev–Trinajstić information content (AvgIpc) is 3.58. The summed E-state index contributed by atoms with van der Waals surface area (Å²) in [5.74, 6) is 8.30. The summed E-state index contributed by atoms with van der Waals surface area (Å²) in [5, 5.41) is 0. The Morgan fingerprint density at radius 3 is 0.806 bits per heavy atom. The molecule has 4 saturated carbocycles. The van der Waals surface area contributed by atoms with E-state index in [4.69, 9.17) is 18.1 Å². The van der Waals surface area contributed by atoms with E-state index in [2.05, 4.69) is 208 Å². The van der Waals surface area contributed by atoms with Gasteiger partial charge in [0.05, 0.1) is 24.4 Å². The summed E-state index contributed by atoms with van der Waals surface area (Å²) < 4.78 is 37.5. The highest BCUT2D eigenvalue weighted by atomic mass is 31.2. The minimum absolute atomic E-state index is 0.104. The highest BCUT2D eigenvalue weighted by Gasteiger charge is 2.62. The molecule has 2 saturated heterocycles. The monoisotopic (exact) mass is 1030 g/mol. The van der Waals surface area contributed by atoms with Gasteiger partial charge in [-0.1, -0.05) is 199 Å². The van der Waals surface area contributed by atoms with Crippen LogP contribution in [-0.4, -0.2) is 46.8 Å². The standard InChI is InChI=1S/C64H106N2O4P2/c1-39-33-49(61(9,10)11)57-53(43(39)5)54-44(6)40(2)34-50(62(12,13)14)58(54)68-71(67-57)65(37-47-27-23-21-24-28-47)31-32-66(38-48-29-25-22-26-30-48)72-69-59-51(63(15,16)17)35-41(3)45(7)55(59)56-46(8)42(4)36-52(60(56)70-72)64(18,19)20/h21-30,39-46,49-60H,31-38H2,1-20H3/t39-,40?,41-,42?,43-,44?,45-,46?,49?,50-,51?,52-,53?,54?,55?,56?,57?,58?,59?,60?,71?,72?/m1/s1. The molecule has 2 aromatic rings. The molecule has 0 aromatic heterocycles. The molecule has 8 heteroatoms. The maximum Gasteiger partial charge on any atom is 0.259 e. The Morgan fingerprint density at radius 1 is 0.375 bits per heavy atom. The van der Waals surface area contributed by atoms with Crippen molar-refractivity contribution in [2.45, 2.75) is 202 Å². The third-order valence-electron chi connectivity index (χ3n) is 21.3. The molecule has 0 amide bonds. The van der Waals surface area contributed by atoms with E-state index >= 15 is 0 Å². The van der Waals surface area contributed by atoms with Crippen molar-refractivity contribution in [2.75, 3.05) is 13.1 Å². The van der Waals surface area contributed by atoms with Crippen LogP contribution in [0.4, 0.5) is 0 Å². The van der Waals surface area contributed by atoms with Crippen LogP contribution in [0.1, 0.15) is 175 Å². The van der Waals surface area contributed by atoms with E-state index in [1.54, 1.807) is 0 Å². The van der Waals surface area contributed by atoms with E-state index in [0.717, 1.165) is 26.2 Å². The van der Waals surface area contributed by atoms with Crippen LogP contribution in [-0.2, 0) is 31.2 Å². The zero-order chi connectivity index (χ0) is 52.6. The maximum absolute atomic E-state index is 8.04. The van der Waals surface area contributed by atoms with Gasteiger partial charge in [-0.15, -0.1) is 0 Å². The molecule has 2 aliphatic heterocycles. The van der Waals surface area contributed by atoms with Crippen LogP contribution in [0.5, 0.6) is 0 Å². The maximum atomic E-state index is 8.04. The normalized spacial score (nSPS) is 42.2. The Bertz CT molecular complexity index is 1800. The van der Waals surface area contributed by atoms with Gasteiger partial charge >= 0.3 is 0 Å². The van der Waals surface area contributed by atoms with Gasteiger partial charge in [0.25, 0.3) is 17.1 Å². The molecule has 2 aromatic carbocycles. The van der Waals surface area contributed by atoms with Crippen LogP contribution in [0.2, 0.25) is 0 Å². The quantitative estimate of drug-likeness (QED) is 0.233. The van der Waals surface area contributed by atoms with Gasteiger partial charge in [0.1, 0.15) is 0 Å². The largest absolute Gasteiger partial charge is 0.318 e. The lowest BCUT2D eigenvalue weighted by Gasteiger charge is -2.56. The predicted molar refractivity (Wildman–Crippen MR) is 305 cm³/mol. The molecule has 406 valence electrons. The predicted octanol–water partition coefficient (Wildman–Crippen LogP) is 17.8. The van der Waals surface area contributed by atoms with Crippen molar-refractivity contribution in [2.24, 2.45) is 116 Å². The molecule has 4 aliphatic carbocycles.